The van der Waals surface area contributed by atoms with E-state index in [1.165, 1.54) is 23.9 Å². The van der Waals surface area contributed by atoms with Gasteiger partial charge in [-0.1, -0.05) is 91.0 Å². The van der Waals surface area contributed by atoms with E-state index >= 15 is 0 Å². The largest absolute Gasteiger partial charge is 0.444 e. The van der Waals surface area contributed by atoms with Gasteiger partial charge in [-0.05, 0) is 37.5 Å². The summed E-state index contributed by atoms with van der Waals surface area (Å²) < 4.78 is 4.76. The third kappa shape index (κ3) is 7.47. The van der Waals surface area contributed by atoms with Gasteiger partial charge in [0.25, 0.3) is 11.8 Å². The van der Waals surface area contributed by atoms with Crippen LogP contribution in [0.3, 0.4) is 0 Å². The second-order valence-electron chi connectivity index (χ2n) is 10.7. The van der Waals surface area contributed by atoms with Crippen LogP contribution in [0.2, 0.25) is 0 Å². The maximum atomic E-state index is 13.5. The Kier molecular flexibility index (Phi) is 9.85. The average molecular weight is 586 g/mol. The molecule has 218 valence electrons. The molecule has 8 nitrogen and oxygen atoms in total. The highest BCUT2D eigenvalue weighted by molar-refractivity contribution is 8.00. The van der Waals surface area contributed by atoms with E-state index in [9.17, 15) is 19.2 Å². The van der Waals surface area contributed by atoms with Crippen LogP contribution in [0.25, 0.3) is 0 Å². The maximum absolute atomic E-state index is 13.5. The first-order chi connectivity index (χ1) is 20.1. The number of carbonyl (C=O) groups is 4. The van der Waals surface area contributed by atoms with Crippen molar-refractivity contribution in [2.75, 3.05) is 18.8 Å². The fourth-order valence-corrected chi connectivity index (χ4v) is 6.23. The number of thioether (sulfide) groups is 1. The van der Waals surface area contributed by atoms with Crippen molar-refractivity contribution in [2.45, 2.75) is 37.2 Å². The number of hydrogen-bond acceptors (Lipinski definition) is 6. The van der Waals surface area contributed by atoms with E-state index in [0.717, 1.165) is 21.6 Å². The molecule has 0 saturated carbocycles. The first-order valence-corrected chi connectivity index (χ1v) is 14.7. The summed E-state index contributed by atoms with van der Waals surface area (Å²) in [6.45, 7) is 5.31. The van der Waals surface area contributed by atoms with Gasteiger partial charge in [0.1, 0.15) is 11.6 Å². The van der Waals surface area contributed by atoms with E-state index in [4.69, 9.17) is 4.74 Å². The van der Waals surface area contributed by atoms with Crippen molar-refractivity contribution in [2.24, 2.45) is 0 Å². The monoisotopic (exact) mass is 585 g/mol. The SMILES string of the molecule is CC(C)(C)OC(=O)N[C@@H](CSC(c1ccccc1)(c1ccccc1)c1ccccc1)C(=O)NCCN1C(=O)C=CC1=O. The number of nitrogens with one attached hydrogen (secondary N) is 2. The zero-order valence-electron chi connectivity index (χ0n) is 23.9. The molecule has 4 amide bonds. The Bertz CT molecular complexity index is 1310. The molecule has 2 N–H and O–H groups in total. The Hall–Kier alpha value is -4.37. The van der Waals surface area contributed by atoms with Gasteiger partial charge in [-0.2, -0.15) is 0 Å². The fourth-order valence-electron chi connectivity index (χ4n) is 4.68. The van der Waals surface area contributed by atoms with Crippen molar-refractivity contribution in [3.63, 3.8) is 0 Å². The Balaban J connectivity index is 1.64. The van der Waals surface area contributed by atoms with Gasteiger partial charge in [0.05, 0.1) is 4.75 Å². The quantitative estimate of drug-likeness (QED) is 0.251. The summed E-state index contributed by atoms with van der Waals surface area (Å²) in [6, 6.07) is 29.1. The number of benzene rings is 3. The molecule has 3 aromatic carbocycles. The summed E-state index contributed by atoms with van der Waals surface area (Å²) in [4.78, 5) is 51.2. The van der Waals surface area contributed by atoms with E-state index in [1.54, 1.807) is 20.8 Å². The van der Waals surface area contributed by atoms with Crippen LogP contribution in [0.4, 0.5) is 4.79 Å². The second kappa shape index (κ2) is 13.5. The summed E-state index contributed by atoms with van der Waals surface area (Å²) in [6.07, 6.45) is 1.68. The summed E-state index contributed by atoms with van der Waals surface area (Å²) in [5.74, 6) is -1.12. The van der Waals surface area contributed by atoms with Gasteiger partial charge in [0, 0.05) is 31.0 Å². The van der Waals surface area contributed by atoms with Crippen LogP contribution >= 0.6 is 11.8 Å². The molecular weight excluding hydrogens is 550 g/mol. The van der Waals surface area contributed by atoms with Gasteiger partial charge in [0.15, 0.2) is 0 Å². The maximum Gasteiger partial charge on any atom is 0.408 e. The normalized spacial score (nSPS) is 14.0. The highest BCUT2D eigenvalue weighted by atomic mass is 32.2. The summed E-state index contributed by atoms with van der Waals surface area (Å²) in [5, 5.41) is 5.52. The predicted octanol–water partition coefficient (Wildman–Crippen LogP) is 4.65. The van der Waals surface area contributed by atoms with Gasteiger partial charge >= 0.3 is 6.09 Å². The van der Waals surface area contributed by atoms with Crippen molar-refractivity contribution in [3.8, 4) is 0 Å². The van der Waals surface area contributed by atoms with Crippen LogP contribution in [-0.2, 0) is 23.9 Å². The molecule has 0 saturated heterocycles. The highest BCUT2D eigenvalue weighted by Gasteiger charge is 2.39. The Morgan fingerprint density at radius 1 is 0.786 bits per heavy atom. The van der Waals surface area contributed by atoms with Crippen molar-refractivity contribution in [3.05, 3.63) is 120 Å². The molecule has 3 aromatic rings. The van der Waals surface area contributed by atoms with E-state index in [-0.39, 0.29) is 18.8 Å². The highest BCUT2D eigenvalue weighted by Crippen LogP contribution is 2.48. The van der Waals surface area contributed by atoms with Crippen LogP contribution in [0, 0.1) is 0 Å². The Morgan fingerprint density at radius 2 is 1.24 bits per heavy atom. The van der Waals surface area contributed by atoms with Crippen molar-refractivity contribution < 1.29 is 23.9 Å². The lowest BCUT2D eigenvalue weighted by atomic mass is 9.84. The minimum atomic E-state index is -0.983. The molecule has 0 aromatic heterocycles. The summed E-state index contributed by atoms with van der Waals surface area (Å²) >= 11 is 1.52. The second-order valence-corrected chi connectivity index (χ2v) is 12.0. The molecule has 0 radical (unpaired) electrons. The fraction of sp³-hybridized carbons (Fsp3) is 0.273. The average Bonchev–Trinajstić information content (AvgIpc) is 3.30. The van der Waals surface area contributed by atoms with Crippen molar-refractivity contribution in [1.29, 1.82) is 0 Å². The number of hydrogen-bond donors (Lipinski definition) is 2. The lowest BCUT2D eigenvalue weighted by Gasteiger charge is -2.36. The number of carbonyl (C=O) groups excluding carboxylic acids is 4. The lowest BCUT2D eigenvalue weighted by Crippen LogP contribution is -2.51. The van der Waals surface area contributed by atoms with Crippen LogP contribution in [0.1, 0.15) is 37.5 Å². The van der Waals surface area contributed by atoms with E-state index in [0.29, 0.717) is 0 Å². The van der Waals surface area contributed by atoms with Crippen LogP contribution in [0.15, 0.2) is 103 Å². The molecule has 0 spiro atoms. The molecule has 0 aliphatic carbocycles. The molecular formula is C33H35N3O5S. The molecule has 0 fully saturated rings. The van der Waals surface area contributed by atoms with E-state index < -0.39 is 40.2 Å². The Morgan fingerprint density at radius 3 is 1.67 bits per heavy atom. The summed E-state index contributed by atoms with van der Waals surface area (Å²) in [5.41, 5.74) is 2.29. The van der Waals surface area contributed by atoms with Crippen LogP contribution < -0.4 is 10.6 Å². The van der Waals surface area contributed by atoms with Gasteiger partial charge in [-0.25, -0.2) is 4.79 Å². The van der Waals surface area contributed by atoms with Gasteiger partial charge in [-0.3, -0.25) is 19.3 Å². The van der Waals surface area contributed by atoms with E-state index in [1.807, 2.05) is 54.6 Å². The first-order valence-electron chi connectivity index (χ1n) is 13.7. The molecule has 42 heavy (non-hydrogen) atoms. The first kappa shape index (κ1) is 30.6. The molecule has 4 rings (SSSR count). The molecule has 1 aliphatic heterocycles. The molecule has 0 bridgehead atoms. The Labute approximate surface area is 250 Å². The molecule has 0 unspecified atom stereocenters. The zero-order chi connectivity index (χ0) is 30.2. The standard InChI is InChI=1S/C33H35N3O5S/c1-32(2,3)41-31(40)35-27(30(39)34-21-22-36-28(37)19-20-29(36)38)23-42-33(24-13-7-4-8-14-24,25-15-9-5-10-16-25)26-17-11-6-12-18-26/h4-20,27H,21-23H2,1-3H3,(H,34,39)(H,35,40)/t27-/m0/s1. The van der Waals surface area contributed by atoms with Crippen LogP contribution in [-0.4, -0.2) is 59.2 Å². The number of ether oxygens (including phenoxy) is 1. The van der Waals surface area contributed by atoms with Gasteiger partial charge < -0.3 is 15.4 Å². The number of nitrogens with zero attached hydrogens (tertiary/aromatic N) is 1. The number of imide groups is 1. The summed E-state index contributed by atoms with van der Waals surface area (Å²) in [7, 11) is 0. The molecule has 1 heterocycles. The van der Waals surface area contributed by atoms with E-state index in [2.05, 4.69) is 47.0 Å². The lowest BCUT2D eigenvalue weighted by molar-refractivity contribution is -0.137. The molecule has 1 atom stereocenters. The van der Waals surface area contributed by atoms with Crippen LogP contribution in [0.5, 0.6) is 0 Å². The molecule has 1 aliphatic rings. The number of alkyl carbamates (subject to hydrolysis) is 1. The topological polar surface area (TPSA) is 105 Å². The van der Waals surface area contributed by atoms with Gasteiger partial charge in [-0.15, -0.1) is 11.8 Å². The smallest absolute Gasteiger partial charge is 0.408 e. The third-order valence-electron chi connectivity index (χ3n) is 6.55. The predicted molar refractivity (Wildman–Crippen MR) is 164 cm³/mol. The number of amides is 4. The minimum Gasteiger partial charge on any atom is -0.444 e. The third-order valence-corrected chi connectivity index (χ3v) is 8.19. The molecule has 9 heteroatoms. The minimum absolute atomic E-state index is 0.0185. The van der Waals surface area contributed by atoms with Crippen molar-refractivity contribution >= 4 is 35.6 Å². The van der Waals surface area contributed by atoms with Gasteiger partial charge in [0.2, 0.25) is 5.91 Å². The number of rotatable bonds is 11. The zero-order valence-corrected chi connectivity index (χ0v) is 24.7. The van der Waals surface area contributed by atoms with Crippen molar-refractivity contribution in [1.82, 2.24) is 15.5 Å².